The Labute approximate surface area is 174 Å². The lowest BCUT2D eigenvalue weighted by Gasteiger charge is -2.39. The van der Waals surface area contributed by atoms with E-state index in [1.165, 1.54) is 7.05 Å². The van der Waals surface area contributed by atoms with Crippen molar-refractivity contribution in [2.45, 2.75) is 70.3 Å². The third-order valence-corrected chi connectivity index (χ3v) is 5.78. The van der Waals surface area contributed by atoms with Crippen LogP contribution in [0.3, 0.4) is 0 Å². The van der Waals surface area contributed by atoms with Gasteiger partial charge in [0.05, 0.1) is 6.54 Å². The number of piperidine rings is 1. The maximum Gasteiger partial charge on any atom is 0.435 e. The number of hydrogen-bond acceptors (Lipinski definition) is 4. The molecule has 30 heavy (non-hydrogen) atoms. The SMILES string of the molecule is Cn1nc(C(F)(F)F)cc1C(=O)NCC1C[C@H]2CC[C@@H](C1)N2CC(=O)NC(C)(C)C. The summed E-state index contributed by atoms with van der Waals surface area (Å²) in [7, 11) is 1.32. The van der Waals surface area contributed by atoms with Crippen molar-refractivity contribution < 1.29 is 22.8 Å². The fourth-order valence-electron chi connectivity index (χ4n) is 4.58. The standard InChI is InChI=1S/C20H30F3N5O2/c1-19(2,3)25-17(29)11-28-13-5-6-14(28)8-12(7-13)10-24-18(30)15-9-16(20(21,22)23)26-27(15)4/h9,12-14H,5-8,10-11H2,1-4H3,(H,24,30)(H,25,29)/t12?,13-,14+. The molecule has 10 heteroatoms. The summed E-state index contributed by atoms with van der Waals surface area (Å²) in [5.41, 5.74) is -1.45. The predicted octanol–water partition coefficient (Wildman–Crippen LogP) is 2.33. The lowest BCUT2D eigenvalue weighted by atomic mass is 9.90. The van der Waals surface area contributed by atoms with E-state index in [0.717, 1.165) is 36.4 Å². The predicted molar refractivity (Wildman–Crippen MR) is 105 cm³/mol. The zero-order valence-corrected chi connectivity index (χ0v) is 17.8. The fourth-order valence-corrected chi connectivity index (χ4v) is 4.58. The van der Waals surface area contributed by atoms with Gasteiger partial charge in [-0.05, 0) is 52.4 Å². The van der Waals surface area contributed by atoms with Crippen LogP contribution in [-0.2, 0) is 18.0 Å². The van der Waals surface area contributed by atoms with Crippen molar-refractivity contribution >= 4 is 11.8 Å². The van der Waals surface area contributed by atoms with Gasteiger partial charge < -0.3 is 10.6 Å². The Kier molecular flexibility index (Phi) is 6.18. The molecule has 1 aromatic rings. The number of nitrogens with one attached hydrogen (secondary N) is 2. The molecule has 2 amide bonds. The Morgan fingerprint density at radius 2 is 1.77 bits per heavy atom. The third-order valence-electron chi connectivity index (χ3n) is 5.78. The fraction of sp³-hybridized carbons (Fsp3) is 0.750. The first-order valence-corrected chi connectivity index (χ1v) is 10.3. The van der Waals surface area contributed by atoms with E-state index in [1.807, 2.05) is 20.8 Å². The zero-order chi connectivity index (χ0) is 22.3. The van der Waals surface area contributed by atoms with Gasteiger partial charge in [0.15, 0.2) is 5.69 Å². The first-order valence-electron chi connectivity index (χ1n) is 10.3. The number of alkyl halides is 3. The lowest BCUT2D eigenvalue weighted by Crippen LogP contribution is -2.52. The van der Waals surface area contributed by atoms with Crippen LogP contribution in [0.5, 0.6) is 0 Å². The maximum absolute atomic E-state index is 12.8. The molecule has 0 saturated carbocycles. The van der Waals surface area contributed by atoms with Crippen LogP contribution in [0.25, 0.3) is 0 Å². The van der Waals surface area contributed by atoms with E-state index in [-0.39, 0.29) is 23.1 Å². The molecule has 0 radical (unpaired) electrons. The van der Waals surface area contributed by atoms with Crippen LogP contribution < -0.4 is 10.6 Å². The highest BCUT2D eigenvalue weighted by Gasteiger charge is 2.41. The van der Waals surface area contributed by atoms with E-state index in [1.54, 1.807) is 0 Å². The van der Waals surface area contributed by atoms with Gasteiger partial charge in [0.25, 0.3) is 5.91 Å². The highest BCUT2D eigenvalue weighted by atomic mass is 19.4. The smallest absolute Gasteiger partial charge is 0.350 e. The first-order chi connectivity index (χ1) is 13.8. The van der Waals surface area contributed by atoms with Gasteiger partial charge in [-0.15, -0.1) is 0 Å². The van der Waals surface area contributed by atoms with Crippen LogP contribution in [-0.4, -0.2) is 57.2 Å². The average molecular weight is 429 g/mol. The number of aryl methyl sites for hydroxylation is 1. The van der Waals surface area contributed by atoms with E-state index in [9.17, 15) is 22.8 Å². The van der Waals surface area contributed by atoms with Crippen LogP contribution in [0, 0.1) is 5.92 Å². The Balaban J connectivity index is 1.53. The van der Waals surface area contributed by atoms with Crippen LogP contribution in [0.15, 0.2) is 6.07 Å². The summed E-state index contributed by atoms with van der Waals surface area (Å²) >= 11 is 0. The minimum atomic E-state index is -4.58. The largest absolute Gasteiger partial charge is 0.435 e. The monoisotopic (exact) mass is 429 g/mol. The Hall–Kier alpha value is -2.10. The van der Waals surface area contributed by atoms with Crippen molar-refractivity contribution in [1.82, 2.24) is 25.3 Å². The number of nitrogens with zero attached hydrogens (tertiary/aromatic N) is 3. The number of hydrogen-bond donors (Lipinski definition) is 2. The number of amides is 2. The van der Waals surface area contributed by atoms with Crippen molar-refractivity contribution in [3.63, 3.8) is 0 Å². The molecule has 1 aromatic heterocycles. The van der Waals surface area contributed by atoms with Crippen molar-refractivity contribution in [3.8, 4) is 0 Å². The molecule has 3 heterocycles. The molecular weight excluding hydrogens is 399 g/mol. The molecule has 2 fully saturated rings. The summed E-state index contributed by atoms with van der Waals surface area (Å²) in [6, 6.07) is 1.37. The van der Waals surface area contributed by atoms with Crippen LogP contribution in [0.4, 0.5) is 13.2 Å². The average Bonchev–Trinajstić information content (AvgIpc) is 3.08. The van der Waals surface area contributed by atoms with E-state index < -0.39 is 17.8 Å². The van der Waals surface area contributed by atoms with Gasteiger partial charge in [-0.2, -0.15) is 18.3 Å². The molecule has 0 aromatic carbocycles. The van der Waals surface area contributed by atoms with Gasteiger partial charge >= 0.3 is 6.18 Å². The van der Waals surface area contributed by atoms with Gasteiger partial charge in [-0.1, -0.05) is 0 Å². The summed E-state index contributed by atoms with van der Waals surface area (Å²) in [4.78, 5) is 26.9. The normalized spacial score (nSPS) is 24.7. The van der Waals surface area contributed by atoms with Crippen molar-refractivity contribution in [2.24, 2.45) is 13.0 Å². The van der Waals surface area contributed by atoms with Crippen LogP contribution >= 0.6 is 0 Å². The number of halogens is 3. The van der Waals surface area contributed by atoms with Gasteiger partial charge in [0.2, 0.25) is 5.91 Å². The summed E-state index contributed by atoms with van der Waals surface area (Å²) in [6.45, 7) is 6.64. The summed E-state index contributed by atoms with van der Waals surface area (Å²) < 4.78 is 39.3. The minimum Gasteiger partial charge on any atom is -0.350 e. The second-order valence-corrected chi connectivity index (χ2v) is 9.44. The Morgan fingerprint density at radius 1 is 1.17 bits per heavy atom. The summed E-state index contributed by atoms with van der Waals surface area (Å²) in [6.07, 6.45) is -0.817. The quantitative estimate of drug-likeness (QED) is 0.753. The van der Waals surface area contributed by atoms with E-state index in [4.69, 9.17) is 0 Å². The van der Waals surface area contributed by atoms with Crippen LogP contribution in [0.2, 0.25) is 0 Å². The lowest BCUT2D eigenvalue weighted by molar-refractivity contribution is -0.141. The summed E-state index contributed by atoms with van der Waals surface area (Å²) in [5, 5.41) is 9.14. The third kappa shape index (κ3) is 5.33. The second kappa shape index (κ2) is 8.20. The molecule has 2 aliphatic rings. The number of carbonyl (C=O) groups excluding carboxylic acids is 2. The molecule has 2 saturated heterocycles. The first kappa shape index (κ1) is 22.6. The van der Waals surface area contributed by atoms with Crippen LogP contribution in [0.1, 0.15) is 62.6 Å². The molecule has 168 valence electrons. The highest BCUT2D eigenvalue weighted by molar-refractivity contribution is 5.92. The molecule has 0 aliphatic carbocycles. The van der Waals surface area contributed by atoms with Gasteiger partial charge in [-0.3, -0.25) is 19.2 Å². The Morgan fingerprint density at radius 3 is 2.27 bits per heavy atom. The molecule has 1 unspecified atom stereocenters. The number of rotatable bonds is 5. The molecule has 2 aliphatic heterocycles. The second-order valence-electron chi connectivity index (χ2n) is 9.44. The van der Waals surface area contributed by atoms with E-state index >= 15 is 0 Å². The van der Waals surface area contributed by atoms with Crippen molar-refractivity contribution in [2.75, 3.05) is 13.1 Å². The van der Waals surface area contributed by atoms with E-state index in [0.29, 0.717) is 25.2 Å². The summed E-state index contributed by atoms with van der Waals surface area (Å²) in [5.74, 6) is -0.300. The van der Waals surface area contributed by atoms with Gasteiger partial charge in [0.1, 0.15) is 5.69 Å². The number of carbonyl (C=O) groups is 2. The molecule has 0 spiro atoms. The molecule has 2 bridgehead atoms. The molecule has 7 nitrogen and oxygen atoms in total. The zero-order valence-electron chi connectivity index (χ0n) is 17.8. The van der Waals surface area contributed by atoms with Gasteiger partial charge in [0, 0.05) is 37.3 Å². The molecule has 3 atom stereocenters. The maximum atomic E-state index is 12.8. The van der Waals surface area contributed by atoms with E-state index in [2.05, 4.69) is 20.6 Å². The topological polar surface area (TPSA) is 79.3 Å². The highest BCUT2D eigenvalue weighted by Crippen LogP contribution is 2.38. The van der Waals surface area contributed by atoms with Crippen molar-refractivity contribution in [3.05, 3.63) is 17.5 Å². The molecule has 2 N–H and O–H groups in total. The van der Waals surface area contributed by atoms with Gasteiger partial charge in [-0.25, -0.2) is 0 Å². The minimum absolute atomic E-state index is 0.0165. The Bertz CT molecular complexity index is 785. The number of fused-ring (bicyclic) bond motifs is 2. The number of aromatic nitrogens is 2. The molecular formula is C20H30F3N5O2. The van der Waals surface area contributed by atoms with Crippen molar-refractivity contribution in [1.29, 1.82) is 0 Å². The molecule has 3 rings (SSSR count).